The maximum absolute atomic E-state index is 14.0. The number of rotatable bonds is 7. The van der Waals surface area contributed by atoms with Gasteiger partial charge in [0.05, 0.1) is 5.69 Å². The van der Waals surface area contributed by atoms with Crippen molar-refractivity contribution >= 4 is 32.4 Å². The van der Waals surface area contributed by atoms with Gasteiger partial charge in [-0.05, 0) is 25.1 Å². The van der Waals surface area contributed by atoms with E-state index in [2.05, 4.69) is 21.6 Å². The van der Waals surface area contributed by atoms with Gasteiger partial charge in [0.2, 0.25) is 10.0 Å². The largest absolute Gasteiger partial charge is 0.298 e. The summed E-state index contributed by atoms with van der Waals surface area (Å²) in [4.78, 5) is 16.3. The maximum atomic E-state index is 14.0. The molecular weight excluding hydrogens is 413 g/mol. The molecule has 29 heavy (non-hydrogen) atoms. The number of hydrogen-bond donors (Lipinski definition) is 2. The molecule has 0 spiro atoms. The molecule has 2 aromatic carbocycles. The van der Waals surface area contributed by atoms with Crippen LogP contribution in [0.15, 0.2) is 65.4 Å². The van der Waals surface area contributed by atoms with Crippen molar-refractivity contribution in [3.8, 4) is 11.3 Å². The van der Waals surface area contributed by atoms with Crippen LogP contribution in [0.4, 0.5) is 9.52 Å². The molecule has 3 rings (SSSR count). The fourth-order valence-corrected chi connectivity index (χ4v) is 4.27. The molecule has 0 aliphatic heterocycles. The number of nitrogens with one attached hydrogen (secondary N) is 2. The van der Waals surface area contributed by atoms with Crippen LogP contribution in [0, 0.1) is 12.7 Å². The van der Waals surface area contributed by atoms with Crippen LogP contribution in [-0.4, -0.2) is 25.9 Å². The molecule has 3 aromatic rings. The minimum Gasteiger partial charge on any atom is -0.298 e. The van der Waals surface area contributed by atoms with Gasteiger partial charge in [-0.25, -0.2) is 22.5 Å². The van der Waals surface area contributed by atoms with Crippen LogP contribution in [0.5, 0.6) is 0 Å². The van der Waals surface area contributed by atoms with Crippen LogP contribution in [0.25, 0.3) is 11.3 Å². The number of carbonyl (C=O) groups is 1. The molecule has 150 valence electrons. The van der Waals surface area contributed by atoms with Crippen molar-refractivity contribution in [1.29, 1.82) is 0 Å². The third kappa shape index (κ3) is 4.94. The van der Waals surface area contributed by atoms with Gasteiger partial charge in [-0.15, -0.1) is 17.9 Å². The van der Waals surface area contributed by atoms with E-state index in [4.69, 9.17) is 0 Å². The molecule has 0 bridgehead atoms. The molecule has 0 saturated carbocycles. The second-order valence-corrected chi connectivity index (χ2v) is 8.74. The Balaban J connectivity index is 1.80. The zero-order valence-electron chi connectivity index (χ0n) is 15.5. The van der Waals surface area contributed by atoms with Crippen molar-refractivity contribution in [3.63, 3.8) is 0 Å². The second-order valence-electron chi connectivity index (χ2n) is 6.14. The molecule has 0 radical (unpaired) electrons. The Morgan fingerprint density at radius 2 is 1.97 bits per heavy atom. The molecule has 0 fully saturated rings. The number of aryl methyl sites for hydroxylation is 1. The van der Waals surface area contributed by atoms with Crippen LogP contribution >= 0.6 is 11.3 Å². The van der Waals surface area contributed by atoms with Gasteiger partial charge in [-0.2, -0.15) is 0 Å². The monoisotopic (exact) mass is 431 g/mol. The van der Waals surface area contributed by atoms with Gasteiger partial charge in [0.15, 0.2) is 5.13 Å². The molecule has 1 heterocycles. The van der Waals surface area contributed by atoms with Gasteiger partial charge in [0.25, 0.3) is 5.91 Å². The highest BCUT2D eigenvalue weighted by atomic mass is 32.2. The van der Waals surface area contributed by atoms with Crippen LogP contribution < -0.4 is 10.0 Å². The molecule has 0 aliphatic rings. The van der Waals surface area contributed by atoms with E-state index in [1.54, 1.807) is 5.38 Å². The standard InChI is InChI=1S/C20H18FN3O3S2/c1-3-10-22-29(26,27)18-11-15(8-9-16(18)21)19(25)24-20-23-17(12-28-20)14-6-4-13(2)5-7-14/h3-9,11-12,22H,1,10H2,2H3,(H,23,24,25). The van der Waals surface area contributed by atoms with Gasteiger partial charge in [-0.3, -0.25) is 10.1 Å². The molecule has 0 aliphatic carbocycles. The Bertz CT molecular complexity index is 1160. The Kier molecular flexibility index (Phi) is 6.21. The minimum atomic E-state index is -4.11. The molecular formula is C20H18FN3O3S2. The summed E-state index contributed by atoms with van der Waals surface area (Å²) in [5.74, 6) is -1.54. The number of benzene rings is 2. The normalized spacial score (nSPS) is 11.2. The number of carbonyl (C=O) groups excluding carboxylic acids is 1. The van der Waals surface area contributed by atoms with E-state index in [0.29, 0.717) is 10.8 Å². The van der Waals surface area contributed by atoms with Gasteiger partial charge >= 0.3 is 0 Å². The highest BCUT2D eigenvalue weighted by Gasteiger charge is 2.21. The smallest absolute Gasteiger partial charge is 0.257 e. The maximum Gasteiger partial charge on any atom is 0.257 e. The lowest BCUT2D eigenvalue weighted by atomic mass is 10.1. The topological polar surface area (TPSA) is 88.2 Å². The molecule has 1 aromatic heterocycles. The Labute approximate surface area is 172 Å². The zero-order chi connectivity index (χ0) is 21.0. The van der Waals surface area contributed by atoms with Crippen LogP contribution in [0.3, 0.4) is 0 Å². The second kappa shape index (κ2) is 8.64. The summed E-state index contributed by atoms with van der Waals surface area (Å²) in [6, 6.07) is 10.9. The first-order chi connectivity index (χ1) is 13.8. The van der Waals surface area contributed by atoms with E-state index >= 15 is 0 Å². The number of anilines is 1. The van der Waals surface area contributed by atoms with E-state index in [9.17, 15) is 17.6 Å². The average Bonchev–Trinajstić information content (AvgIpc) is 3.15. The summed E-state index contributed by atoms with van der Waals surface area (Å²) in [7, 11) is -4.11. The third-order valence-corrected chi connectivity index (χ3v) is 6.17. The molecule has 0 unspecified atom stereocenters. The Hall–Kier alpha value is -2.88. The van der Waals surface area contributed by atoms with Crippen molar-refractivity contribution in [2.24, 2.45) is 0 Å². The fourth-order valence-electron chi connectivity index (χ4n) is 2.45. The summed E-state index contributed by atoms with van der Waals surface area (Å²) >= 11 is 1.24. The number of halogens is 1. The molecule has 6 nitrogen and oxygen atoms in total. The van der Waals surface area contributed by atoms with E-state index < -0.39 is 26.6 Å². The summed E-state index contributed by atoms with van der Waals surface area (Å²) < 4.78 is 40.6. The van der Waals surface area contributed by atoms with Gasteiger partial charge < -0.3 is 0 Å². The van der Waals surface area contributed by atoms with Gasteiger partial charge in [0, 0.05) is 23.1 Å². The van der Waals surface area contributed by atoms with Crippen molar-refractivity contribution in [2.45, 2.75) is 11.8 Å². The van der Waals surface area contributed by atoms with Crippen molar-refractivity contribution in [3.05, 3.63) is 77.4 Å². The predicted molar refractivity (Wildman–Crippen MR) is 112 cm³/mol. The number of nitrogens with zero attached hydrogens (tertiary/aromatic N) is 1. The number of sulfonamides is 1. The average molecular weight is 432 g/mol. The van der Waals surface area contributed by atoms with Crippen molar-refractivity contribution in [2.75, 3.05) is 11.9 Å². The van der Waals surface area contributed by atoms with E-state index in [0.717, 1.165) is 23.3 Å². The summed E-state index contributed by atoms with van der Waals surface area (Å²) in [6.07, 6.45) is 1.33. The number of hydrogen-bond acceptors (Lipinski definition) is 5. The van der Waals surface area contributed by atoms with Crippen LogP contribution in [0.2, 0.25) is 0 Å². The lowest BCUT2D eigenvalue weighted by Crippen LogP contribution is -2.25. The first kappa shape index (κ1) is 20.8. The quantitative estimate of drug-likeness (QED) is 0.554. The molecule has 0 saturated heterocycles. The van der Waals surface area contributed by atoms with Gasteiger partial charge in [-0.1, -0.05) is 35.9 Å². The lowest BCUT2D eigenvalue weighted by Gasteiger charge is -2.08. The van der Waals surface area contributed by atoms with E-state index in [-0.39, 0.29) is 12.1 Å². The van der Waals surface area contributed by atoms with Crippen molar-refractivity contribution in [1.82, 2.24) is 9.71 Å². The zero-order valence-corrected chi connectivity index (χ0v) is 17.1. The Morgan fingerprint density at radius 3 is 2.66 bits per heavy atom. The molecule has 9 heteroatoms. The number of aromatic nitrogens is 1. The summed E-state index contributed by atoms with van der Waals surface area (Å²) in [5, 5.41) is 4.77. The summed E-state index contributed by atoms with van der Waals surface area (Å²) in [6.45, 7) is 5.34. The van der Waals surface area contributed by atoms with Gasteiger partial charge in [0.1, 0.15) is 10.7 Å². The number of thiazole rings is 1. The highest BCUT2D eigenvalue weighted by molar-refractivity contribution is 7.89. The van der Waals surface area contributed by atoms with Crippen LogP contribution in [0.1, 0.15) is 15.9 Å². The SMILES string of the molecule is C=CCNS(=O)(=O)c1cc(C(=O)Nc2nc(-c3ccc(C)cc3)cs2)ccc1F. The predicted octanol–water partition coefficient (Wildman–Crippen LogP) is 3.97. The Morgan fingerprint density at radius 1 is 1.24 bits per heavy atom. The van der Waals surface area contributed by atoms with Crippen molar-refractivity contribution < 1.29 is 17.6 Å². The molecule has 0 atom stereocenters. The fraction of sp³-hybridized carbons (Fsp3) is 0.100. The molecule has 2 N–H and O–H groups in total. The lowest BCUT2D eigenvalue weighted by molar-refractivity contribution is 0.102. The van der Waals surface area contributed by atoms with E-state index in [1.807, 2.05) is 31.2 Å². The summed E-state index contributed by atoms with van der Waals surface area (Å²) in [5.41, 5.74) is 2.75. The third-order valence-electron chi connectivity index (χ3n) is 3.97. The highest BCUT2D eigenvalue weighted by Crippen LogP contribution is 2.26. The first-order valence-electron chi connectivity index (χ1n) is 8.54. The van der Waals surface area contributed by atoms with E-state index in [1.165, 1.54) is 23.5 Å². The first-order valence-corrected chi connectivity index (χ1v) is 10.9. The molecule has 1 amide bonds. The van der Waals surface area contributed by atoms with Crippen LogP contribution in [-0.2, 0) is 10.0 Å². The number of amides is 1. The minimum absolute atomic E-state index is 0.00235.